The molecule has 6 nitrogen and oxygen atoms in total. The van der Waals surface area contributed by atoms with Gasteiger partial charge in [-0.1, -0.05) is 28.9 Å². The molecular formula is C14H17ClN4O2. The summed E-state index contributed by atoms with van der Waals surface area (Å²) in [6, 6.07) is 7.17. The van der Waals surface area contributed by atoms with Gasteiger partial charge in [-0.15, -0.1) is 0 Å². The minimum absolute atomic E-state index is 0.00795. The Hall–Kier alpha value is -1.92. The summed E-state index contributed by atoms with van der Waals surface area (Å²) < 4.78 is 5.09. The van der Waals surface area contributed by atoms with E-state index in [4.69, 9.17) is 21.9 Å². The fourth-order valence-electron chi connectivity index (χ4n) is 1.69. The van der Waals surface area contributed by atoms with Gasteiger partial charge in [0, 0.05) is 23.0 Å². The van der Waals surface area contributed by atoms with Gasteiger partial charge in [0.1, 0.15) is 0 Å². The molecule has 0 aliphatic carbocycles. The van der Waals surface area contributed by atoms with Gasteiger partial charge >= 0.3 is 0 Å². The Morgan fingerprint density at radius 3 is 3.05 bits per heavy atom. The maximum absolute atomic E-state index is 11.6. The predicted molar refractivity (Wildman–Crippen MR) is 79.5 cm³/mol. The molecule has 2 rings (SSSR count). The van der Waals surface area contributed by atoms with Gasteiger partial charge in [-0.3, -0.25) is 4.79 Å². The van der Waals surface area contributed by atoms with E-state index in [1.54, 1.807) is 12.1 Å². The Labute approximate surface area is 127 Å². The summed E-state index contributed by atoms with van der Waals surface area (Å²) >= 11 is 5.91. The molecule has 1 aromatic carbocycles. The van der Waals surface area contributed by atoms with E-state index in [0.717, 1.165) is 5.56 Å². The van der Waals surface area contributed by atoms with Gasteiger partial charge in [-0.2, -0.15) is 4.98 Å². The fraction of sp³-hybridized carbons (Fsp3) is 0.357. The van der Waals surface area contributed by atoms with E-state index >= 15 is 0 Å². The van der Waals surface area contributed by atoms with Crippen molar-refractivity contribution in [3.05, 3.63) is 35.2 Å². The second kappa shape index (κ2) is 7.19. The number of nitrogens with one attached hydrogen (secondary N) is 1. The highest BCUT2D eigenvalue weighted by Crippen LogP contribution is 2.19. The van der Waals surface area contributed by atoms with Crippen molar-refractivity contribution in [2.75, 3.05) is 0 Å². The van der Waals surface area contributed by atoms with Crippen molar-refractivity contribution in [1.82, 2.24) is 15.5 Å². The number of carbonyl (C=O) groups excluding carboxylic acids is 1. The quantitative estimate of drug-likeness (QED) is 0.852. The summed E-state index contributed by atoms with van der Waals surface area (Å²) in [6.45, 7) is 2.06. The molecule has 0 aliphatic heterocycles. The van der Waals surface area contributed by atoms with Crippen LogP contribution in [0.3, 0.4) is 0 Å². The third-order valence-corrected chi connectivity index (χ3v) is 3.05. The first-order valence-electron chi connectivity index (χ1n) is 6.65. The fourth-order valence-corrected chi connectivity index (χ4v) is 1.88. The average Bonchev–Trinajstić information content (AvgIpc) is 2.92. The maximum atomic E-state index is 11.6. The number of hydrogen-bond donors (Lipinski definition) is 2. The van der Waals surface area contributed by atoms with Crippen LogP contribution in [0.4, 0.5) is 0 Å². The Morgan fingerprint density at radius 1 is 1.52 bits per heavy atom. The van der Waals surface area contributed by atoms with Crippen LogP contribution < -0.4 is 11.1 Å². The SMILES string of the molecule is CC(N)CCC(=O)NCc1nc(-c2cccc(Cl)c2)no1. The molecule has 0 bridgehead atoms. The number of nitrogens with two attached hydrogens (primary N) is 1. The molecule has 7 heteroatoms. The Morgan fingerprint density at radius 2 is 2.33 bits per heavy atom. The minimum atomic E-state index is -0.0881. The molecule has 0 radical (unpaired) electrons. The zero-order chi connectivity index (χ0) is 15.2. The van der Waals surface area contributed by atoms with Crippen molar-refractivity contribution >= 4 is 17.5 Å². The molecule has 1 amide bonds. The molecule has 1 atom stereocenters. The van der Waals surface area contributed by atoms with Crippen molar-refractivity contribution in [3.8, 4) is 11.4 Å². The van der Waals surface area contributed by atoms with Gasteiger partial charge in [0.25, 0.3) is 0 Å². The van der Waals surface area contributed by atoms with Crippen molar-refractivity contribution in [3.63, 3.8) is 0 Å². The number of hydrogen-bond acceptors (Lipinski definition) is 5. The second-order valence-electron chi connectivity index (χ2n) is 4.81. The van der Waals surface area contributed by atoms with Gasteiger partial charge in [0.05, 0.1) is 6.54 Å². The van der Waals surface area contributed by atoms with Crippen LogP contribution in [0.5, 0.6) is 0 Å². The molecule has 1 aromatic heterocycles. The van der Waals surface area contributed by atoms with E-state index in [-0.39, 0.29) is 18.5 Å². The van der Waals surface area contributed by atoms with Crippen LogP contribution in [0.15, 0.2) is 28.8 Å². The van der Waals surface area contributed by atoms with Crippen molar-refractivity contribution < 1.29 is 9.32 Å². The zero-order valence-electron chi connectivity index (χ0n) is 11.7. The van der Waals surface area contributed by atoms with Crippen LogP contribution >= 0.6 is 11.6 Å². The molecule has 112 valence electrons. The van der Waals surface area contributed by atoms with Crippen LogP contribution in [-0.2, 0) is 11.3 Å². The third kappa shape index (κ3) is 4.84. The van der Waals surface area contributed by atoms with Gasteiger partial charge < -0.3 is 15.6 Å². The van der Waals surface area contributed by atoms with Crippen molar-refractivity contribution in [2.45, 2.75) is 32.4 Å². The van der Waals surface area contributed by atoms with Crippen LogP contribution in [0.1, 0.15) is 25.7 Å². The number of aromatic nitrogens is 2. The van der Waals surface area contributed by atoms with Crippen LogP contribution in [0, 0.1) is 0 Å². The second-order valence-corrected chi connectivity index (χ2v) is 5.25. The standard InChI is InChI=1S/C14H17ClN4O2/c1-9(16)5-6-12(20)17-8-13-18-14(19-21-13)10-3-2-4-11(15)7-10/h2-4,7,9H,5-6,8,16H2,1H3,(H,17,20). The highest BCUT2D eigenvalue weighted by molar-refractivity contribution is 6.30. The first-order valence-corrected chi connectivity index (χ1v) is 7.03. The topological polar surface area (TPSA) is 94.0 Å². The summed E-state index contributed by atoms with van der Waals surface area (Å²) in [5.41, 5.74) is 6.36. The summed E-state index contributed by atoms with van der Waals surface area (Å²) in [4.78, 5) is 15.8. The third-order valence-electron chi connectivity index (χ3n) is 2.81. The zero-order valence-corrected chi connectivity index (χ0v) is 12.4. The molecule has 0 saturated heterocycles. The summed E-state index contributed by atoms with van der Waals surface area (Å²) in [7, 11) is 0. The lowest BCUT2D eigenvalue weighted by Gasteiger charge is -2.04. The first kappa shape index (κ1) is 15.5. The molecule has 2 aromatic rings. The smallest absolute Gasteiger partial charge is 0.246 e. The summed E-state index contributed by atoms with van der Waals surface area (Å²) in [6.07, 6.45) is 1.02. The first-order chi connectivity index (χ1) is 10.0. The molecule has 1 unspecified atom stereocenters. The van der Waals surface area contributed by atoms with Gasteiger partial charge in [0.15, 0.2) is 0 Å². The normalized spacial score (nSPS) is 12.1. The van der Waals surface area contributed by atoms with Gasteiger partial charge in [0.2, 0.25) is 17.6 Å². The predicted octanol–water partition coefficient (Wildman–Crippen LogP) is 2.13. The number of halogens is 1. The van der Waals surface area contributed by atoms with E-state index in [1.165, 1.54) is 0 Å². The molecule has 3 N–H and O–H groups in total. The summed E-state index contributed by atoms with van der Waals surface area (Å²) in [5, 5.41) is 7.18. The Balaban J connectivity index is 1.90. The van der Waals surface area contributed by atoms with Crippen molar-refractivity contribution in [1.29, 1.82) is 0 Å². The van der Waals surface area contributed by atoms with Crippen LogP contribution in [0.2, 0.25) is 5.02 Å². The van der Waals surface area contributed by atoms with Crippen molar-refractivity contribution in [2.24, 2.45) is 5.73 Å². The molecule has 1 heterocycles. The monoisotopic (exact) mass is 308 g/mol. The molecular weight excluding hydrogens is 292 g/mol. The molecule has 0 fully saturated rings. The molecule has 0 aliphatic rings. The number of amides is 1. The highest BCUT2D eigenvalue weighted by atomic mass is 35.5. The Bertz CT molecular complexity index is 613. The summed E-state index contributed by atoms with van der Waals surface area (Å²) in [5.74, 6) is 0.700. The van der Waals surface area contributed by atoms with Crippen LogP contribution in [-0.4, -0.2) is 22.1 Å². The molecule has 0 spiro atoms. The van der Waals surface area contributed by atoms with Crippen LogP contribution in [0.25, 0.3) is 11.4 Å². The average molecular weight is 309 g/mol. The largest absolute Gasteiger partial charge is 0.347 e. The Kier molecular flexibility index (Phi) is 5.30. The van der Waals surface area contributed by atoms with E-state index in [2.05, 4.69) is 15.5 Å². The number of carbonyl (C=O) groups is 1. The van der Waals surface area contributed by atoms with Gasteiger partial charge in [-0.05, 0) is 25.5 Å². The molecule has 0 saturated carbocycles. The number of nitrogens with zero attached hydrogens (tertiary/aromatic N) is 2. The molecule has 21 heavy (non-hydrogen) atoms. The number of rotatable bonds is 6. The lowest BCUT2D eigenvalue weighted by Crippen LogP contribution is -2.25. The lowest BCUT2D eigenvalue weighted by atomic mass is 10.2. The van der Waals surface area contributed by atoms with E-state index in [9.17, 15) is 4.79 Å². The minimum Gasteiger partial charge on any atom is -0.347 e. The number of benzene rings is 1. The highest BCUT2D eigenvalue weighted by Gasteiger charge is 2.10. The maximum Gasteiger partial charge on any atom is 0.246 e. The lowest BCUT2D eigenvalue weighted by molar-refractivity contribution is -0.121. The van der Waals surface area contributed by atoms with E-state index in [1.807, 2.05) is 19.1 Å². The van der Waals surface area contributed by atoms with Gasteiger partial charge in [-0.25, -0.2) is 0 Å². The van der Waals surface area contributed by atoms with E-state index < -0.39 is 0 Å². The van der Waals surface area contributed by atoms with E-state index in [0.29, 0.717) is 29.6 Å².